The second-order valence-electron chi connectivity index (χ2n) is 2.36. The number of carbonyl (C=O) groups is 1. The Morgan fingerprint density at radius 3 is 2.27 bits per heavy atom. The summed E-state index contributed by atoms with van der Waals surface area (Å²) in [6, 6.07) is 1.77. The van der Waals surface area contributed by atoms with Gasteiger partial charge in [-0.1, -0.05) is 23.2 Å². The number of nitriles is 1. The van der Waals surface area contributed by atoms with Crippen LogP contribution in [0.1, 0.15) is 13.3 Å². The van der Waals surface area contributed by atoms with E-state index < -0.39 is 9.21 Å². The molecule has 0 aromatic carbocycles. The van der Waals surface area contributed by atoms with Gasteiger partial charge < -0.3 is 4.79 Å². The summed E-state index contributed by atoms with van der Waals surface area (Å²) in [5.74, 6) is 0. The van der Waals surface area contributed by atoms with E-state index in [-0.39, 0.29) is 6.42 Å². The highest BCUT2D eigenvalue weighted by atomic mass is 35.5. The molecule has 0 aromatic rings. The fourth-order valence-corrected chi connectivity index (χ4v) is 1.41. The summed E-state index contributed by atoms with van der Waals surface area (Å²) in [4.78, 5) is 9.00. The van der Waals surface area contributed by atoms with Crippen LogP contribution in [0.25, 0.3) is 0 Å². The second-order valence-corrected chi connectivity index (χ2v) is 4.74. The van der Waals surface area contributed by atoms with Gasteiger partial charge in [0.25, 0.3) is 0 Å². The summed E-state index contributed by atoms with van der Waals surface area (Å²) in [6.07, 6.45) is 0.263. The van der Waals surface area contributed by atoms with E-state index in [0.717, 1.165) is 0 Å². The van der Waals surface area contributed by atoms with Crippen molar-refractivity contribution in [2.75, 3.05) is 0 Å². The quantitative estimate of drug-likeness (QED) is 0.534. The molecule has 0 aromatic heterocycles. The van der Waals surface area contributed by atoms with Gasteiger partial charge in [-0.15, -0.1) is 11.6 Å². The van der Waals surface area contributed by atoms with E-state index in [9.17, 15) is 4.79 Å². The minimum absolute atomic E-state index is 0.0926. The number of hydrogen-bond acceptors (Lipinski definition) is 2. The number of rotatable bonds is 3. The Morgan fingerprint density at radius 1 is 1.55 bits per heavy atom. The van der Waals surface area contributed by atoms with Crippen LogP contribution >= 0.6 is 34.8 Å². The number of halogens is 3. The number of nitrogens with zero attached hydrogens (tertiary/aromatic N) is 1. The van der Waals surface area contributed by atoms with Crippen LogP contribution in [0.2, 0.25) is 0 Å². The van der Waals surface area contributed by atoms with Crippen LogP contribution in [-0.4, -0.2) is 15.5 Å². The summed E-state index contributed by atoms with van der Waals surface area (Å²) in [5, 5.41) is 8.44. The van der Waals surface area contributed by atoms with E-state index in [1.807, 2.05) is 0 Å². The molecule has 62 valence electrons. The molecule has 0 saturated carbocycles. The highest BCUT2D eigenvalue weighted by molar-refractivity contribution is 6.56. The van der Waals surface area contributed by atoms with Crippen molar-refractivity contribution in [3.8, 4) is 6.07 Å². The summed E-state index contributed by atoms with van der Waals surface area (Å²) >= 11 is 16.5. The summed E-state index contributed by atoms with van der Waals surface area (Å²) in [7, 11) is 0. The molecule has 0 spiro atoms. The van der Waals surface area contributed by atoms with Crippen molar-refractivity contribution in [2.24, 2.45) is 0 Å². The number of alkyl halides is 3. The van der Waals surface area contributed by atoms with Crippen LogP contribution in [0.4, 0.5) is 0 Å². The van der Waals surface area contributed by atoms with Crippen LogP contribution in [0.15, 0.2) is 0 Å². The molecule has 0 heterocycles. The van der Waals surface area contributed by atoms with Gasteiger partial charge in [0.15, 0.2) is 10.6 Å². The molecule has 0 aliphatic rings. The Hall–Kier alpha value is 0.0300. The Morgan fingerprint density at radius 2 is 2.00 bits per heavy atom. The molecule has 1 unspecified atom stereocenters. The van der Waals surface area contributed by atoms with Crippen molar-refractivity contribution >= 4 is 41.1 Å². The Bertz CT molecular complexity index is 194. The van der Waals surface area contributed by atoms with Crippen molar-refractivity contribution in [2.45, 2.75) is 22.6 Å². The second kappa shape index (κ2) is 3.62. The van der Waals surface area contributed by atoms with Gasteiger partial charge >= 0.3 is 0 Å². The van der Waals surface area contributed by atoms with Crippen molar-refractivity contribution in [3.63, 3.8) is 0 Å². The van der Waals surface area contributed by atoms with Crippen molar-refractivity contribution in [3.05, 3.63) is 0 Å². The molecule has 0 saturated heterocycles. The van der Waals surface area contributed by atoms with Crippen molar-refractivity contribution in [1.82, 2.24) is 0 Å². The molecule has 0 amide bonds. The maximum atomic E-state index is 10.2. The highest BCUT2D eigenvalue weighted by Gasteiger charge is 2.34. The predicted octanol–water partition coefficient (Wildman–Crippen LogP) is 2.27. The minimum atomic E-state index is -1.56. The van der Waals surface area contributed by atoms with Gasteiger partial charge in [-0.2, -0.15) is 5.26 Å². The van der Waals surface area contributed by atoms with Crippen LogP contribution in [0.3, 0.4) is 0 Å². The predicted molar refractivity (Wildman–Crippen MR) is 45.0 cm³/mol. The van der Waals surface area contributed by atoms with Gasteiger partial charge in [-0.05, 0) is 6.92 Å². The number of hydrogen-bond donors (Lipinski definition) is 0. The van der Waals surface area contributed by atoms with Crippen molar-refractivity contribution < 1.29 is 4.79 Å². The van der Waals surface area contributed by atoms with Crippen LogP contribution in [0, 0.1) is 11.3 Å². The lowest BCUT2D eigenvalue weighted by Crippen LogP contribution is -2.27. The van der Waals surface area contributed by atoms with Gasteiger partial charge in [0.2, 0.25) is 0 Å². The van der Waals surface area contributed by atoms with Crippen molar-refractivity contribution in [1.29, 1.82) is 5.26 Å². The van der Waals surface area contributed by atoms with E-state index >= 15 is 0 Å². The minimum Gasteiger partial charge on any atom is -0.300 e. The molecule has 11 heavy (non-hydrogen) atoms. The Labute approximate surface area is 80.0 Å². The van der Waals surface area contributed by atoms with Gasteiger partial charge in [-0.3, -0.25) is 0 Å². The third kappa shape index (κ3) is 4.47. The topological polar surface area (TPSA) is 40.9 Å². The van der Waals surface area contributed by atoms with Crippen LogP contribution in [-0.2, 0) is 4.79 Å². The van der Waals surface area contributed by atoms with E-state index in [1.54, 1.807) is 6.07 Å². The van der Waals surface area contributed by atoms with E-state index in [1.165, 1.54) is 6.92 Å². The highest BCUT2D eigenvalue weighted by Crippen LogP contribution is 2.32. The Kier molecular flexibility index (Phi) is 3.63. The molecule has 0 fully saturated rings. The lowest BCUT2D eigenvalue weighted by Gasteiger charge is -2.18. The molecule has 0 aliphatic carbocycles. The van der Waals surface area contributed by atoms with E-state index in [4.69, 9.17) is 40.1 Å². The molecule has 0 N–H and O–H groups in total. The molecule has 5 heteroatoms. The van der Waals surface area contributed by atoms with Gasteiger partial charge in [0.1, 0.15) is 4.87 Å². The maximum Gasteiger partial charge on any atom is 0.175 e. The first-order valence-electron chi connectivity index (χ1n) is 2.77. The smallest absolute Gasteiger partial charge is 0.175 e. The van der Waals surface area contributed by atoms with E-state index in [2.05, 4.69) is 0 Å². The van der Waals surface area contributed by atoms with Crippen LogP contribution < -0.4 is 0 Å². The molecular formula is C6H6Cl3NO. The molecular weight excluding hydrogens is 208 g/mol. The fourth-order valence-electron chi connectivity index (χ4n) is 0.524. The first kappa shape index (κ1) is 11.0. The average molecular weight is 214 g/mol. The summed E-state index contributed by atoms with van der Waals surface area (Å²) in [5.41, 5.74) is 0. The zero-order valence-corrected chi connectivity index (χ0v) is 8.04. The van der Waals surface area contributed by atoms with Crippen LogP contribution in [0.5, 0.6) is 0 Å². The molecule has 0 rings (SSSR count). The van der Waals surface area contributed by atoms with Gasteiger partial charge in [0.05, 0.1) is 6.07 Å². The van der Waals surface area contributed by atoms with E-state index in [0.29, 0.717) is 6.29 Å². The number of carbonyl (C=O) groups excluding carboxylic acids is 1. The largest absolute Gasteiger partial charge is 0.300 e. The Balaban J connectivity index is 4.27. The molecule has 0 radical (unpaired) electrons. The first-order valence-corrected chi connectivity index (χ1v) is 3.91. The monoisotopic (exact) mass is 213 g/mol. The fraction of sp³-hybridized carbons (Fsp3) is 0.667. The lowest BCUT2D eigenvalue weighted by molar-refractivity contribution is -0.108. The third-order valence-electron chi connectivity index (χ3n) is 0.973. The maximum absolute atomic E-state index is 10.2. The first-order chi connectivity index (χ1) is 4.83. The third-order valence-corrected chi connectivity index (χ3v) is 1.64. The molecule has 0 bridgehead atoms. The number of aldehydes is 1. The SMILES string of the molecule is CC(Cl)(C#N)CC(Cl)(Cl)C=O. The van der Waals surface area contributed by atoms with Gasteiger partial charge in [0, 0.05) is 6.42 Å². The summed E-state index contributed by atoms with van der Waals surface area (Å²) < 4.78 is -1.56. The molecule has 2 nitrogen and oxygen atoms in total. The lowest BCUT2D eigenvalue weighted by atomic mass is 10.1. The summed E-state index contributed by atoms with van der Waals surface area (Å²) in [6.45, 7) is 1.44. The normalized spacial score (nSPS) is 16.6. The zero-order valence-electron chi connectivity index (χ0n) is 5.77. The van der Waals surface area contributed by atoms with Gasteiger partial charge in [-0.25, -0.2) is 0 Å². The average Bonchev–Trinajstić information content (AvgIpc) is 1.86. The zero-order chi connectivity index (χ0) is 9.12. The molecule has 1 atom stereocenters. The molecule has 0 aliphatic heterocycles. The standard InChI is InChI=1S/C6H6Cl3NO/c1-5(7,3-10)2-6(8,9)4-11/h4H,2H2,1H3.